The van der Waals surface area contributed by atoms with E-state index in [-0.39, 0.29) is 42.3 Å². The number of nitrogens with zero attached hydrogens (tertiary/aromatic N) is 2. The molecule has 1 aliphatic heterocycles. The Kier molecular flexibility index (Phi) is 7.04. The number of rotatable bonds is 6. The molecule has 9 nitrogen and oxygen atoms in total. The molecule has 0 spiro atoms. The molecule has 0 saturated heterocycles. The Bertz CT molecular complexity index is 878. The van der Waals surface area contributed by atoms with Crippen LogP contribution in [0.3, 0.4) is 0 Å². The summed E-state index contributed by atoms with van der Waals surface area (Å²) in [6.07, 6.45) is -0.724. The van der Waals surface area contributed by atoms with Gasteiger partial charge in [0.05, 0.1) is 37.2 Å². The molecule has 0 fully saturated rings. The summed E-state index contributed by atoms with van der Waals surface area (Å²) in [4.78, 5) is 39.7. The van der Waals surface area contributed by atoms with Crippen molar-refractivity contribution in [2.45, 2.75) is 26.4 Å². The van der Waals surface area contributed by atoms with Gasteiger partial charge in [0.15, 0.2) is 0 Å². The maximum atomic E-state index is 13.9. The molecule has 2 N–H and O–H groups in total. The molecular weight excluding hydrogens is 397 g/mol. The van der Waals surface area contributed by atoms with Crippen LogP contribution in [0.4, 0.5) is 20.6 Å². The van der Waals surface area contributed by atoms with E-state index in [2.05, 4.69) is 5.32 Å². The third kappa shape index (κ3) is 5.26. The highest BCUT2D eigenvalue weighted by atomic mass is 19.1. The van der Waals surface area contributed by atoms with Crippen LogP contribution in [0.15, 0.2) is 29.5 Å². The van der Waals surface area contributed by atoms with Gasteiger partial charge < -0.3 is 24.8 Å². The van der Waals surface area contributed by atoms with Crippen LogP contribution in [0.25, 0.3) is 0 Å². The number of carbonyl (C=O) groups excluding carboxylic acids is 3. The van der Waals surface area contributed by atoms with Gasteiger partial charge in [-0.05, 0) is 39.0 Å². The normalized spacial score (nSPS) is 14.1. The number of carbonyl (C=O) groups is 3. The second-order valence-corrected chi connectivity index (χ2v) is 7.62. The van der Waals surface area contributed by atoms with Crippen molar-refractivity contribution in [3.05, 3.63) is 35.3 Å². The molecule has 1 aliphatic rings. The fraction of sp³-hybridized carbons (Fsp3) is 0.450. The van der Waals surface area contributed by atoms with Gasteiger partial charge in [-0.1, -0.05) is 0 Å². The van der Waals surface area contributed by atoms with E-state index in [1.165, 1.54) is 25.1 Å². The van der Waals surface area contributed by atoms with Crippen molar-refractivity contribution >= 4 is 29.3 Å². The maximum Gasteiger partial charge on any atom is 0.414 e. The van der Waals surface area contributed by atoms with Gasteiger partial charge in [0.25, 0.3) is 5.91 Å². The Morgan fingerprint density at radius 2 is 2.00 bits per heavy atom. The van der Waals surface area contributed by atoms with Gasteiger partial charge in [-0.15, -0.1) is 0 Å². The quantitative estimate of drug-likeness (QED) is 0.673. The zero-order valence-electron chi connectivity index (χ0n) is 17.6. The van der Waals surface area contributed by atoms with E-state index in [1.54, 1.807) is 20.8 Å². The summed E-state index contributed by atoms with van der Waals surface area (Å²) in [6.45, 7) is 4.79. The first-order valence-electron chi connectivity index (χ1n) is 9.23. The lowest BCUT2D eigenvalue weighted by atomic mass is 10.2. The molecular formula is C20H26FN3O6. The number of aliphatic hydroxyl groups is 1. The molecule has 2 rings (SSSR count). The number of hydrogen-bond donors (Lipinski definition) is 2. The van der Waals surface area contributed by atoms with Crippen LogP contribution in [0.5, 0.6) is 0 Å². The van der Waals surface area contributed by atoms with Gasteiger partial charge in [-0.3, -0.25) is 9.69 Å². The van der Waals surface area contributed by atoms with Gasteiger partial charge in [-0.25, -0.2) is 14.0 Å². The molecule has 30 heavy (non-hydrogen) atoms. The fourth-order valence-electron chi connectivity index (χ4n) is 2.80. The first kappa shape index (κ1) is 23.1. The topological polar surface area (TPSA) is 108 Å². The van der Waals surface area contributed by atoms with Crippen molar-refractivity contribution in [2.24, 2.45) is 0 Å². The summed E-state index contributed by atoms with van der Waals surface area (Å²) in [5.74, 6) is -1.84. The summed E-state index contributed by atoms with van der Waals surface area (Å²) in [5.41, 5.74) is -0.458. The van der Waals surface area contributed by atoms with Crippen LogP contribution in [-0.4, -0.2) is 67.4 Å². The van der Waals surface area contributed by atoms with Crippen molar-refractivity contribution in [3.63, 3.8) is 0 Å². The number of β-amino-alcohol motifs (C(OH)–C–C–N with tert-alkyl or cyclic N) is 1. The molecule has 2 amide bonds. The second kappa shape index (κ2) is 9.12. The summed E-state index contributed by atoms with van der Waals surface area (Å²) in [5, 5.41) is 12.0. The van der Waals surface area contributed by atoms with E-state index >= 15 is 0 Å². The highest BCUT2D eigenvalue weighted by Gasteiger charge is 2.35. The number of benzene rings is 1. The third-order valence-corrected chi connectivity index (χ3v) is 4.20. The van der Waals surface area contributed by atoms with Crippen molar-refractivity contribution in [2.75, 3.05) is 44.1 Å². The van der Waals surface area contributed by atoms with Gasteiger partial charge in [0, 0.05) is 13.6 Å². The maximum absolute atomic E-state index is 13.9. The van der Waals surface area contributed by atoms with E-state index in [0.29, 0.717) is 0 Å². The van der Waals surface area contributed by atoms with Crippen LogP contribution in [0, 0.1) is 5.82 Å². The standard InChI is InChI=1S/C20H26FN3O6/c1-20(2,3)30-19(28)23(4)15-10-12(21)6-7-14(15)22-16-13(18(27)29-5)11-24(8-9-25)17(16)26/h6-7,10,22,25H,8-9,11H2,1-5H3. The van der Waals surface area contributed by atoms with Crippen LogP contribution < -0.4 is 10.2 Å². The Balaban J connectivity index is 2.43. The van der Waals surface area contributed by atoms with Gasteiger partial charge in [0.2, 0.25) is 0 Å². The van der Waals surface area contributed by atoms with Crippen molar-refractivity contribution in [1.29, 1.82) is 0 Å². The number of ether oxygens (including phenoxy) is 2. The van der Waals surface area contributed by atoms with Gasteiger partial charge in [0.1, 0.15) is 17.1 Å². The number of anilines is 2. The summed E-state index contributed by atoms with van der Waals surface area (Å²) < 4.78 is 24.0. The van der Waals surface area contributed by atoms with Crippen molar-refractivity contribution in [3.8, 4) is 0 Å². The fourth-order valence-corrected chi connectivity index (χ4v) is 2.80. The second-order valence-electron chi connectivity index (χ2n) is 7.62. The Hall–Kier alpha value is -3.14. The van der Waals surface area contributed by atoms with E-state index in [9.17, 15) is 18.8 Å². The van der Waals surface area contributed by atoms with E-state index in [0.717, 1.165) is 17.0 Å². The van der Waals surface area contributed by atoms with Crippen molar-refractivity contribution in [1.82, 2.24) is 4.90 Å². The molecule has 0 saturated carbocycles. The largest absolute Gasteiger partial charge is 0.466 e. The van der Waals surface area contributed by atoms with Crippen molar-refractivity contribution < 1.29 is 33.4 Å². The summed E-state index contributed by atoms with van der Waals surface area (Å²) >= 11 is 0. The molecule has 0 aromatic heterocycles. The average molecular weight is 423 g/mol. The monoisotopic (exact) mass is 423 g/mol. The number of amides is 2. The third-order valence-electron chi connectivity index (χ3n) is 4.20. The van der Waals surface area contributed by atoms with Gasteiger partial charge in [-0.2, -0.15) is 0 Å². The lowest BCUT2D eigenvalue weighted by Crippen LogP contribution is -2.35. The molecule has 0 bridgehead atoms. The predicted octanol–water partition coefficient (Wildman–Crippen LogP) is 1.87. The molecule has 0 radical (unpaired) electrons. The molecule has 164 valence electrons. The highest BCUT2D eigenvalue weighted by Crippen LogP contribution is 2.31. The lowest BCUT2D eigenvalue weighted by molar-refractivity contribution is -0.136. The number of nitrogens with one attached hydrogen (secondary N) is 1. The smallest absolute Gasteiger partial charge is 0.414 e. The van der Waals surface area contributed by atoms with Crippen LogP contribution in [0.2, 0.25) is 0 Å². The van der Waals surface area contributed by atoms with E-state index < -0.39 is 29.4 Å². The molecule has 1 heterocycles. The Morgan fingerprint density at radius 3 is 2.57 bits per heavy atom. The Labute approximate surface area is 174 Å². The van der Waals surface area contributed by atoms with E-state index in [1.807, 2.05) is 0 Å². The first-order chi connectivity index (χ1) is 14.0. The molecule has 10 heteroatoms. The number of hydrogen-bond acceptors (Lipinski definition) is 7. The highest BCUT2D eigenvalue weighted by molar-refractivity contribution is 6.09. The predicted molar refractivity (Wildman–Crippen MR) is 107 cm³/mol. The lowest BCUT2D eigenvalue weighted by Gasteiger charge is -2.26. The number of esters is 1. The number of aliphatic hydroxyl groups excluding tert-OH is 1. The molecule has 1 aromatic carbocycles. The van der Waals surface area contributed by atoms with Gasteiger partial charge >= 0.3 is 12.1 Å². The average Bonchev–Trinajstić information content (AvgIpc) is 2.96. The summed E-state index contributed by atoms with van der Waals surface area (Å²) in [6, 6.07) is 3.60. The molecule has 1 aromatic rings. The zero-order chi connectivity index (χ0) is 22.6. The minimum absolute atomic E-state index is 0.0264. The molecule has 0 atom stereocenters. The molecule has 0 aliphatic carbocycles. The van der Waals surface area contributed by atoms with Crippen LogP contribution in [-0.2, 0) is 19.1 Å². The molecule has 0 unspecified atom stereocenters. The number of halogens is 1. The SMILES string of the molecule is COC(=O)C1=C(Nc2ccc(F)cc2N(C)C(=O)OC(C)(C)C)C(=O)N(CCO)C1. The van der Waals surface area contributed by atoms with Crippen LogP contribution >= 0.6 is 0 Å². The van der Waals surface area contributed by atoms with Crippen LogP contribution in [0.1, 0.15) is 20.8 Å². The first-order valence-corrected chi connectivity index (χ1v) is 9.23. The minimum Gasteiger partial charge on any atom is -0.466 e. The zero-order valence-corrected chi connectivity index (χ0v) is 17.6. The number of methoxy groups -OCH3 is 1. The minimum atomic E-state index is -0.765. The summed E-state index contributed by atoms with van der Waals surface area (Å²) in [7, 11) is 2.59. The Morgan fingerprint density at radius 1 is 1.33 bits per heavy atom. The van der Waals surface area contributed by atoms with E-state index in [4.69, 9.17) is 14.6 Å².